The second kappa shape index (κ2) is 5.72. The molecule has 2 atom stereocenters. The lowest BCUT2D eigenvalue weighted by molar-refractivity contribution is -0.0440. The van der Waals surface area contributed by atoms with Crippen molar-refractivity contribution in [2.75, 3.05) is 13.1 Å². The summed E-state index contributed by atoms with van der Waals surface area (Å²) in [5.74, 6) is 0. The van der Waals surface area contributed by atoms with Gasteiger partial charge in [0.05, 0.1) is 17.1 Å². The second-order valence-electron chi connectivity index (χ2n) is 6.10. The summed E-state index contributed by atoms with van der Waals surface area (Å²) in [6.45, 7) is 5.32. The van der Waals surface area contributed by atoms with E-state index < -0.39 is 10.0 Å². The highest BCUT2D eigenvalue weighted by Gasteiger charge is 2.32. The van der Waals surface area contributed by atoms with Crippen molar-refractivity contribution in [2.45, 2.75) is 56.4 Å². The Bertz CT molecular complexity index is 584. The van der Waals surface area contributed by atoms with E-state index in [1.807, 2.05) is 13.8 Å². The summed E-state index contributed by atoms with van der Waals surface area (Å²) in [6, 6.07) is 2.34. The summed E-state index contributed by atoms with van der Waals surface area (Å²) >= 11 is 0. The van der Waals surface area contributed by atoms with Crippen molar-refractivity contribution >= 4 is 10.0 Å². The van der Waals surface area contributed by atoms with Crippen molar-refractivity contribution in [1.82, 2.24) is 14.6 Å². The molecule has 1 aliphatic carbocycles. The maximum atomic E-state index is 12.7. The first-order valence-corrected chi connectivity index (χ1v) is 8.95. The first-order valence-electron chi connectivity index (χ1n) is 7.51. The van der Waals surface area contributed by atoms with Gasteiger partial charge >= 0.3 is 0 Å². The Labute approximate surface area is 125 Å². The molecule has 1 aliphatic heterocycles. The number of ether oxygens (including phenoxy) is 1. The molecule has 2 fully saturated rings. The molecule has 21 heavy (non-hydrogen) atoms. The van der Waals surface area contributed by atoms with Gasteiger partial charge in [-0.15, -0.1) is 0 Å². The number of aromatic nitrogens is 1. The highest BCUT2D eigenvalue weighted by Crippen LogP contribution is 2.23. The summed E-state index contributed by atoms with van der Waals surface area (Å²) in [5, 5.41) is 3.37. The summed E-state index contributed by atoms with van der Waals surface area (Å²) < 4.78 is 32.5. The third-order valence-electron chi connectivity index (χ3n) is 3.90. The van der Waals surface area contributed by atoms with E-state index >= 15 is 0 Å². The standard InChI is InChI=1S/C14H23N3O3S/c1-10-8-17(9-11(2)20-10)21(18,19)14-5-13(16-7-14)6-15-12-3-4-12/h5,7,10-12,15-16H,3-4,6,8-9H2,1-2H3. The molecule has 2 heterocycles. The van der Waals surface area contributed by atoms with Crippen molar-refractivity contribution in [2.24, 2.45) is 0 Å². The molecule has 0 spiro atoms. The van der Waals surface area contributed by atoms with Gasteiger partial charge in [-0.1, -0.05) is 0 Å². The minimum Gasteiger partial charge on any atom is -0.373 e. The maximum absolute atomic E-state index is 12.7. The van der Waals surface area contributed by atoms with Crippen molar-refractivity contribution in [3.63, 3.8) is 0 Å². The monoisotopic (exact) mass is 313 g/mol. The summed E-state index contributed by atoms with van der Waals surface area (Å²) in [7, 11) is -3.44. The number of nitrogens with one attached hydrogen (secondary N) is 2. The van der Waals surface area contributed by atoms with Crippen LogP contribution in [0.1, 0.15) is 32.4 Å². The zero-order valence-corrected chi connectivity index (χ0v) is 13.3. The van der Waals surface area contributed by atoms with Crippen LogP contribution in [-0.4, -0.2) is 49.0 Å². The molecule has 1 aromatic heterocycles. The number of morpholine rings is 1. The number of H-pyrrole nitrogens is 1. The Balaban J connectivity index is 1.71. The first kappa shape index (κ1) is 15.0. The molecule has 1 saturated heterocycles. The SMILES string of the molecule is CC1CN(S(=O)(=O)c2c[nH]c(CNC3CC3)c2)CC(C)O1. The predicted octanol–water partition coefficient (Wildman–Crippen LogP) is 1.06. The molecule has 0 amide bonds. The normalized spacial score (nSPS) is 27.9. The van der Waals surface area contributed by atoms with E-state index in [-0.39, 0.29) is 12.2 Å². The Morgan fingerprint density at radius 3 is 2.62 bits per heavy atom. The minimum absolute atomic E-state index is 0.0709. The summed E-state index contributed by atoms with van der Waals surface area (Å²) in [5.41, 5.74) is 0.912. The third kappa shape index (κ3) is 3.48. The topological polar surface area (TPSA) is 74.4 Å². The lowest BCUT2D eigenvalue weighted by atomic mass is 10.3. The molecule has 1 aromatic rings. The highest BCUT2D eigenvalue weighted by atomic mass is 32.2. The van der Waals surface area contributed by atoms with Crippen molar-refractivity contribution in [1.29, 1.82) is 0 Å². The molecule has 0 bridgehead atoms. The van der Waals surface area contributed by atoms with Gasteiger partial charge in [0.1, 0.15) is 0 Å². The van der Waals surface area contributed by atoms with Crippen LogP contribution < -0.4 is 5.32 Å². The average molecular weight is 313 g/mol. The summed E-state index contributed by atoms with van der Waals surface area (Å²) in [4.78, 5) is 3.40. The number of rotatable bonds is 5. The van der Waals surface area contributed by atoms with Crippen LogP contribution >= 0.6 is 0 Å². The second-order valence-corrected chi connectivity index (χ2v) is 8.03. The Kier molecular flexibility index (Phi) is 4.09. The minimum atomic E-state index is -3.44. The quantitative estimate of drug-likeness (QED) is 0.852. The molecule has 0 aromatic carbocycles. The number of sulfonamides is 1. The fourth-order valence-corrected chi connectivity index (χ4v) is 4.30. The molecular weight excluding hydrogens is 290 g/mol. The smallest absolute Gasteiger partial charge is 0.244 e. The van der Waals surface area contributed by atoms with Gasteiger partial charge in [0.25, 0.3) is 0 Å². The van der Waals surface area contributed by atoms with Crippen LogP contribution in [0.3, 0.4) is 0 Å². The Morgan fingerprint density at radius 1 is 1.33 bits per heavy atom. The zero-order valence-electron chi connectivity index (χ0n) is 12.5. The fraction of sp³-hybridized carbons (Fsp3) is 0.714. The van der Waals surface area contributed by atoms with Crippen molar-refractivity contribution < 1.29 is 13.2 Å². The van der Waals surface area contributed by atoms with Crippen LogP contribution in [0, 0.1) is 0 Å². The lowest BCUT2D eigenvalue weighted by Crippen LogP contribution is -2.47. The Hall–Kier alpha value is -0.890. The van der Waals surface area contributed by atoms with Crippen LogP contribution in [0.15, 0.2) is 17.2 Å². The largest absolute Gasteiger partial charge is 0.373 e. The fourth-order valence-electron chi connectivity index (χ4n) is 2.69. The van der Waals surface area contributed by atoms with E-state index in [4.69, 9.17) is 4.74 Å². The van der Waals surface area contributed by atoms with Crippen LogP contribution in [0.25, 0.3) is 0 Å². The number of nitrogens with zero attached hydrogens (tertiary/aromatic N) is 1. The van der Waals surface area contributed by atoms with Gasteiger partial charge in [-0.25, -0.2) is 8.42 Å². The molecule has 7 heteroatoms. The van der Waals surface area contributed by atoms with Gasteiger partial charge in [0.15, 0.2) is 0 Å². The summed E-state index contributed by atoms with van der Waals surface area (Å²) in [6.07, 6.45) is 3.88. The zero-order chi connectivity index (χ0) is 15.0. The van der Waals surface area contributed by atoms with Crippen molar-refractivity contribution in [3.8, 4) is 0 Å². The lowest BCUT2D eigenvalue weighted by Gasteiger charge is -2.34. The van der Waals surface area contributed by atoms with Gasteiger partial charge in [-0.05, 0) is 32.8 Å². The van der Waals surface area contributed by atoms with Crippen LogP contribution in [0.4, 0.5) is 0 Å². The van der Waals surface area contributed by atoms with Gasteiger partial charge in [0, 0.05) is 37.6 Å². The van der Waals surface area contributed by atoms with Crippen molar-refractivity contribution in [3.05, 3.63) is 18.0 Å². The van der Waals surface area contributed by atoms with E-state index in [0.717, 1.165) is 5.69 Å². The maximum Gasteiger partial charge on any atom is 0.244 e. The van der Waals surface area contributed by atoms with E-state index in [1.165, 1.54) is 17.1 Å². The van der Waals surface area contributed by atoms with E-state index in [1.54, 1.807) is 12.3 Å². The molecule has 3 rings (SSSR count). The molecule has 0 radical (unpaired) electrons. The highest BCUT2D eigenvalue weighted by molar-refractivity contribution is 7.89. The molecule has 6 nitrogen and oxygen atoms in total. The number of hydrogen-bond donors (Lipinski definition) is 2. The van der Waals surface area contributed by atoms with Gasteiger partial charge < -0.3 is 15.0 Å². The first-order chi connectivity index (χ1) is 9.95. The van der Waals surface area contributed by atoms with Crippen LogP contribution in [-0.2, 0) is 21.3 Å². The number of hydrogen-bond acceptors (Lipinski definition) is 4. The Morgan fingerprint density at radius 2 is 2.00 bits per heavy atom. The average Bonchev–Trinajstić information content (AvgIpc) is 3.11. The molecule has 118 valence electrons. The van der Waals surface area contributed by atoms with Gasteiger partial charge in [0.2, 0.25) is 10.0 Å². The number of aromatic amines is 1. The molecular formula is C14H23N3O3S. The van der Waals surface area contributed by atoms with E-state index in [2.05, 4.69) is 10.3 Å². The predicted molar refractivity (Wildman–Crippen MR) is 79.4 cm³/mol. The van der Waals surface area contributed by atoms with Gasteiger partial charge in [-0.3, -0.25) is 0 Å². The molecule has 2 aliphatic rings. The van der Waals surface area contributed by atoms with Gasteiger partial charge in [-0.2, -0.15) is 4.31 Å². The van der Waals surface area contributed by atoms with E-state index in [9.17, 15) is 8.42 Å². The molecule has 2 N–H and O–H groups in total. The van der Waals surface area contributed by atoms with Crippen LogP contribution in [0.2, 0.25) is 0 Å². The third-order valence-corrected chi connectivity index (χ3v) is 5.71. The van der Waals surface area contributed by atoms with Crippen LogP contribution in [0.5, 0.6) is 0 Å². The van der Waals surface area contributed by atoms with E-state index in [0.29, 0.717) is 30.6 Å². The molecule has 1 saturated carbocycles. The molecule has 2 unspecified atom stereocenters.